The standard InChI is InChI=1S/C9H13NO2S2/c1-8(7-13)10-14(11,12)9-5-3-2-4-6-9/h2-6,8,10,13H,7H2,1H3. The van der Waals surface area contributed by atoms with E-state index in [-0.39, 0.29) is 10.9 Å². The molecule has 3 nitrogen and oxygen atoms in total. The van der Waals surface area contributed by atoms with Gasteiger partial charge in [-0.1, -0.05) is 18.2 Å². The number of nitrogens with one attached hydrogen (secondary N) is 1. The van der Waals surface area contributed by atoms with Gasteiger partial charge in [0.1, 0.15) is 0 Å². The fourth-order valence-corrected chi connectivity index (χ4v) is 2.45. The second-order valence-electron chi connectivity index (χ2n) is 3.02. The molecule has 1 aromatic rings. The molecule has 1 N–H and O–H groups in total. The summed E-state index contributed by atoms with van der Waals surface area (Å²) in [5.41, 5.74) is 0. The summed E-state index contributed by atoms with van der Waals surface area (Å²) < 4.78 is 25.8. The Hall–Kier alpha value is -0.520. The molecule has 78 valence electrons. The van der Waals surface area contributed by atoms with Gasteiger partial charge in [0.2, 0.25) is 10.0 Å². The van der Waals surface area contributed by atoms with Crippen molar-refractivity contribution in [1.82, 2.24) is 4.72 Å². The number of thiol groups is 1. The fraction of sp³-hybridized carbons (Fsp3) is 0.333. The molecule has 1 aromatic carbocycles. The van der Waals surface area contributed by atoms with E-state index in [9.17, 15) is 8.42 Å². The first-order valence-corrected chi connectivity index (χ1v) is 6.36. The Morgan fingerprint density at radius 1 is 1.36 bits per heavy atom. The van der Waals surface area contributed by atoms with Crippen molar-refractivity contribution in [3.63, 3.8) is 0 Å². The molecule has 5 heteroatoms. The number of sulfonamides is 1. The molecule has 0 aromatic heterocycles. The van der Waals surface area contributed by atoms with Gasteiger partial charge in [-0.25, -0.2) is 13.1 Å². The summed E-state index contributed by atoms with van der Waals surface area (Å²) >= 11 is 4.01. The highest BCUT2D eigenvalue weighted by Gasteiger charge is 2.15. The Kier molecular flexibility index (Phi) is 3.97. The van der Waals surface area contributed by atoms with Gasteiger partial charge in [-0.05, 0) is 19.1 Å². The van der Waals surface area contributed by atoms with Crippen molar-refractivity contribution in [3.05, 3.63) is 30.3 Å². The zero-order valence-corrected chi connectivity index (χ0v) is 9.55. The van der Waals surface area contributed by atoms with Crippen LogP contribution >= 0.6 is 12.6 Å². The molecular weight excluding hydrogens is 218 g/mol. The second kappa shape index (κ2) is 4.82. The van der Waals surface area contributed by atoms with Gasteiger partial charge in [0, 0.05) is 11.8 Å². The van der Waals surface area contributed by atoms with Gasteiger partial charge >= 0.3 is 0 Å². The minimum atomic E-state index is -3.37. The molecule has 0 amide bonds. The van der Waals surface area contributed by atoms with Gasteiger partial charge in [-0.3, -0.25) is 0 Å². The molecular formula is C9H13NO2S2. The maximum atomic E-state index is 11.7. The summed E-state index contributed by atoms with van der Waals surface area (Å²) in [5.74, 6) is 0.478. The molecule has 1 unspecified atom stereocenters. The predicted octanol–water partition coefficient (Wildman–Crippen LogP) is 1.28. The summed E-state index contributed by atoms with van der Waals surface area (Å²) in [6, 6.07) is 8.13. The van der Waals surface area contributed by atoms with Crippen molar-refractivity contribution in [3.8, 4) is 0 Å². The lowest BCUT2D eigenvalue weighted by molar-refractivity contribution is 0.571. The molecule has 0 aliphatic carbocycles. The van der Waals surface area contributed by atoms with Gasteiger partial charge in [-0.2, -0.15) is 12.6 Å². The first-order valence-electron chi connectivity index (χ1n) is 4.24. The lowest BCUT2D eigenvalue weighted by Gasteiger charge is -2.11. The van der Waals surface area contributed by atoms with Gasteiger partial charge in [0.05, 0.1) is 4.90 Å². The molecule has 0 fully saturated rings. The van der Waals surface area contributed by atoms with Crippen LogP contribution in [0.5, 0.6) is 0 Å². The van der Waals surface area contributed by atoms with Crippen LogP contribution in [-0.4, -0.2) is 20.2 Å². The normalized spacial score (nSPS) is 13.9. The number of rotatable bonds is 4. The average Bonchev–Trinajstić information content (AvgIpc) is 2.18. The first kappa shape index (κ1) is 11.6. The van der Waals surface area contributed by atoms with E-state index in [0.29, 0.717) is 5.75 Å². The first-order chi connectivity index (χ1) is 6.56. The zero-order chi connectivity index (χ0) is 10.6. The Balaban J connectivity index is 2.87. The quantitative estimate of drug-likeness (QED) is 0.767. The molecule has 0 saturated heterocycles. The molecule has 0 spiro atoms. The van der Waals surface area contributed by atoms with Crippen LogP contribution in [0.1, 0.15) is 6.92 Å². The van der Waals surface area contributed by atoms with Crippen molar-refractivity contribution in [2.75, 3.05) is 5.75 Å². The third-order valence-electron chi connectivity index (χ3n) is 1.68. The molecule has 0 bridgehead atoms. The third-order valence-corrected chi connectivity index (χ3v) is 3.84. The fourth-order valence-electron chi connectivity index (χ4n) is 0.970. The number of hydrogen-bond donors (Lipinski definition) is 2. The number of benzene rings is 1. The molecule has 0 heterocycles. The van der Waals surface area contributed by atoms with Crippen LogP contribution in [0.25, 0.3) is 0 Å². The van der Waals surface area contributed by atoms with Crippen molar-refractivity contribution < 1.29 is 8.42 Å². The van der Waals surface area contributed by atoms with E-state index < -0.39 is 10.0 Å². The summed E-state index contributed by atoms with van der Waals surface area (Å²) in [4.78, 5) is 0.286. The Morgan fingerprint density at radius 3 is 2.43 bits per heavy atom. The summed E-state index contributed by atoms with van der Waals surface area (Å²) in [5, 5.41) is 0. The van der Waals surface area contributed by atoms with Gasteiger partial charge in [0.25, 0.3) is 0 Å². The van der Waals surface area contributed by atoms with E-state index in [1.807, 2.05) is 0 Å². The predicted molar refractivity (Wildman–Crippen MR) is 60.1 cm³/mol. The zero-order valence-electron chi connectivity index (χ0n) is 7.84. The van der Waals surface area contributed by atoms with Crippen molar-refractivity contribution in [2.45, 2.75) is 17.9 Å². The maximum Gasteiger partial charge on any atom is 0.240 e. The lowest BCUT2D eigenvalue weighted by Crippen LogP contribution is -2.33. The number of hydrogen-bond acceptors (Lipinski definition) is 3. The van der Waals surface area contributed by atoms with Crippen LogP contribution in [0.2, 0.25) is 0 Å². The molecule has 0 aliphatic rings. The van der Waals surface area contributed by atoms with Gasteiger partial charge in [0.15, 0.2) is 0 Å². The smallest absolute Gasteiger partial charge is 0.208 e. The molecule has 0 radical (unpaired) electrons. The molecule has 0 aliphatic heterocycles. The van der Waals surface area contributed by atoms with E-state index in [1.54, 1.807) is 37.3 Å². The molecule has 14 heavy (non-hydrogen) atoms. The summed E-state index contributed by atoms with van der Waals surface area (Å²) in [6.07, 6.45) is 0. The van der Waals surface area contributed by atoms with Crippen LogP contribution in [0, 0.1) is 0 Å². The largest absolute Gasteiger partial charge is 0.240 e. The topological polar surface area (TPSA) is 46.2 Å². The highest BCUT2D eigenvalue weighted by Crippen LogP contribution is 2.07. The average molecular weight is 231 g/mol. The Labute approximate surface area is 90.0 Å². The van der Waals surface area contributed by atoms with E-state index in [1.165, 1.54) is 0 Å². The van der Waals surface area contributed by atoms with E-state index in [0.717, 1.165) is 0 Å². The highest BCUT2D eigenvalue weighted by atomic mass is 32.2. The molecule has 1 atom stereocenters. The Bertz CT molecular complexity index is 375. The van der Waals surface area contributed by atoms with E-state index in [2.05, 4.69) is 17.4 Å². The minimum absolute atomic E-state index is 0.163. The van der Waals surface area contributed by atoms with E-state index >= 15 is 0 Å². The summed E-state index contributed by atoms with van der Waals surface area (Å²) in [7, 11) is -3.37. The van der Waals surface area contributed by atoms with Crippen molar-refractivity contribution in [2.24, 2.45) is 0 Å². The van der Waals surface area contributed by atoms with Gasteiger partial charge < -0.3 is 0 Å². The highest BCUT2D eigenvalue weighted by molar-refractivity contribution is 7.89. The molecule has 1 rings (SSSR count). The van der Waals surface area contributed by atoms with Crippen molar-refractivity contribution in [1.29, 1.82) is 0 Å². The van der Waals surface area contributed by atoms with Crippen LogP contribution in [-0.2, 0) is 10.0 Å². The molecule has 0 saturated carbocycles. The van der Waals surface area contributed by atoms with E-state index in [4.69, 9.17) is 0 Å². The lowest BCUT2D eigenvalue weighted by atomic mass is 10.4. The SMILES string of the molecule is CC(CS)NS(=O)(=O)c1ccccc1. The van der Waals surface area contributed by atoms with Crippen LogP contribution in [0.15, 0.2) is 35.2 Å². The second-order valence-corrected chi connectivity index (χ2v) is 5.10. The van der Waals surface area contributed by atoms with Crippen LogP contribution in [0.3, 0.4) is 0 Å². The van der Waals surface area contributed by atoms with Crippen LogP contribution < -0.4 is 4.72 Å². The third kappa shape index (κ3) is 3.01. The summed E-state index contributed by atoms with van der Waals surface area (Å²) in [6.45, 7) is 1.77. The monoisotopic (exact) mass is 231 g/mol. The van der Waals surface area contributed by atoms with Gasteiger partial charge in [-0.15, -0.1) is 0 Å². The Morgan fingerprint density at radius 2 is 1.93 bits per heavy atom. The van der Waals surface area contributed by atoms with Crippen LogP contribution in [0.4, 0.5) is 0 Å². The maximum absolute atomic E-state index is 11.7. The minimum Gasteiger partial charge on any atom is -0.208 e. The van der Waals surface area contributed by atoms with Crippen molar-refractivity contribution >= 4 is 22.7 Å².